The third-order valence-corrected chi connectivity index (χ3v) is 3.11. The van der Waals surface area contributed by atoms with E-state index in [1.165, 1.54) is 0 Å². The summed E-state index contributed by atoms with van der Waals surface area (Å²) in [4.78, 5) is 16.1. The highest BCUT2D eigenvalue weighted by atomic mass is 16.1. The van der Waals surface area contributed by atoms with E-state index < -0.39 is 5.91 Å². The van der Waals surface area contributed by atoms with Gasteiger partial charge in [0.1, 0.15) is 0 Å². The minimum absolute atomic E-state index is 0.373. The van der Waals surface area contributed by atoms with E-state index in [1.54, 1.807) is 24.7 Å². The highest BCUT2D eigenvalue weighted by Gasteiger charge is 2.10. The van der Waals surface area contributed by atoms with Crippen molar-refractivity contribution in [2.75, 3.05) is 0 Å². The van der Waals surface area contributed by atoms with Gasteiger partial charge in [0, 0.05) is 24.0 Å². The first-order chi connectivity index (χ1) is 10.1. The Morgan fingerprint density at radius 2 is 2.05 bits per heavy atom. The summed E-state index contributed by atoms with van der Waals surface area (Å²) in [6, 6.07) is 11.3. The molecule has 104 valence electrons. The van der Waals surface area contributed by atoms with Crippen molar-refractivity contribution in [2.24, 2.45) is 5.73 Å². The van der Waals surface area contributed by atoms with E-state index in [0.29, 0.717) is 5.56 Å². The smallest absolute Gasteiger partial charge is 0.259 e. The van der Waals surface area contributed by atoms with Crippen LogP contribution >= 0.6 is 0 Å². The SMILES string of the molecule is N=C(N)NC(=O)c1ccn(-c2ccnc3ccccc23)c1. The normalized spacial score (nSPS) is 10.5. The van der Waals surface area contributed by atoms with Gasteiger partial charge < -0.3 is 10.3 Å². The molecule has 3 rings (SSSR count). The maximum atomic E-state index is 11.8. The number of fused-ring (bicyclic) bond motifs is 1. The van der Waals surface area contributed by atoms with E-state index in [4.69, 9.17) is 11.1 Å². The van der Waals surface area contributed by atoms with Crippen LogP contribution in [0.15, 0.2) is 55.0 Å². The third kappa shape index (κ3) is 2.46. The van der Waals surface area contributed by atoms with Crippen LogP contribution in [0, 0.1) is 5.41 Å². The summed E-state index contributed by atoms with van der Waals surface area (Å²) in [7, 11) is 0. The molecule has 0 aliphatic carbocycles. The number of hydrogen-bond acceptors (Lipinski definition) is 3. The number of pyridine rings is 1. The number of nitrogens with two attached hydrogens (primary N) is 1. The van der Waals surface area contributed by atoms with E-state index in [0.717, 1.165) is 16.6 Å². The van der Waals surface area contributed by atoms with Crippen molar-refractivity contribution in [3.05, 3.63) is 60.6 Å². The van der Waals surface area contributed by atoms with Crippen molar-refractivity contribution in [2.45, 2.75) is 0 Å². The van der Waals surface area contributed by atoms with Crippen LogP contribution < -0.4 is 11.1 Å². The molecule has 0 unspecified atom stereocenters. The molecule has 0 spiro atoms. The van der Waals surface area contributed by atoms with Gasteiger partial charge in [0.15, 0.2) is 5.96 Å². The van der Waals surface area contributed by atoms with Crippen molar-refractivity contribution in [1.82, 2.24) is 14.9 Å². The maximum Gasteiger partial charge on any atom is 0.259 e. The standard InChI is InChI=1S/C15H13N5O/c16-15(17)19-14(21)10-6-8-20(9-10)13-5-7-18-12-4-2-1-3-11(12)13/h1-9H,(H4,16,17,19,21). The molecule has 0 saturated heterocycles. The minimum atomic E-state index is -0.403. The zero-order valence-corrected chi connectivity index (χ0v) is 11.1. The topological polar surface area (TPSA) is 96.8 Å². The van der Waals surface area contributed by atoms with Gasteiger partial charge in [-0.1, -0.05) is 18.2 Å². The van der Waals surface area contributed by atoms with E-state index in [9.17, 15) is 4.79 Å². The van der Waals surface area contributed by atoms with Crippen molar-refractivity contribution in [3.63, 3.8) is 0 Å². The number of nitrogens with zero attached hydrogens (tertiary/aromatic N) is 2. The molecule has 6 heteroatoms. The van der Waals surface area contributed by atoms with E-state index in [1.807, 2.05) is 34.9 Å². The second kappa shape index (κ2) is 5.09. The number of para-hydroxylation sites is 1. The molecule has 6 nitrogen and oxygen atoms in total. The van der Waals surface area contributed by atoms with Gasteiger partial charge in [-0.15, -0.1) is 0 Å². The Bertz CT molecular complexity index is 831. The van der Waals surface area contributed by atoms with Crippen LogP contribution in [0.1, 0.15) is 10.4 Å². The van der Waals surface area contributed by atoms with Gasteiger partial charge in [-0.3, -0.25) is 20.5 Å². The zero-order chi connectivity index (χ0) is 14.8. The number of hydrogen-bond donors (Lipinski definition) is 3. The summed E-state index contributed by atoms with van der Waals surface area (Å²) < 4.78 is 1.85. The summed E-state index contributed by atoms with van der Waals surface area (Å²) in [5.41, 5.74) is 7.42. The summed E-state index contributed by atoms with van der Waals surface area (Å²) >= 11 is 0. The van der Waals surface area contributed by atoms with Crippen LogP contribution in [0.4, 0.5) is 0 Å². The van der Waals surface area contributed by atoms with Crippen LogP contribution in [0.5, 0.6) is 0 Å². The number of carbonyl (C=O) groups excluding carboxylic acids is 1. The number of aromatic nitrogens is 2. The molecule has 1 amide bonds. The summed E-state index contributed by atoms with van der Waals surface area (Å²) in [5, 5.41) is 10.3. The Kier molecular flexibility index (Phi) is 3.12. The van der Waals surface area contributed by atoms with Crippen molar-refractivity contribution in [3.8, 4) is 5.69 Å². The molecule has 0 fully saturated rings. The van der Waals surface area contributed by atoms with E-state index >= 15 is 0 Å². The van der Waals surface area contributed by atoms with Crippen molar-refractivity contribution < 1.29 is 4.79 Å². The first kappa shape index (κ1) is 12.9. The number of amides is 1. The molecule has 3 aromatic rings. The van der Waals surface area contributed by atoms with Crippen LogP contribution in [0.3, 0.4) is 0 Å². The molecule has 0 radical (unpaired) electrons. The molecular weight excluding hydrogens is 266 g/mol. The molecule has 0 bridgehead atoms. The lowest BCUT2D eigenvalue weighted by molar-refractivity contribution is 0.0976. The maximum absolute atomic E-state index is 11.8. The lowest BCUT2D eigenvalue weighted by atomic mass is 10.2. The Hall–Kier alpha value is -3.15. The van der Waals surface area contributed by atoms with Gasteiger partial charge >= 0.3 is 0 Å². The minimum Gasteiger partial charge on any atom is -0.370 e. The predicted octanol–water partition coefficient (Wildman–Crippen LogP) is 1.65. The summed E-state index contributed by atoms with van der Waals surface area (Å²) in [6.07, 6.45) is 5.21. The lowest BCUT2D eigenvalue weighted by Crippen LogP contribution is -2.35. The molecule has 2 aromatic heterocycles. The van der Waals surface area contributed by atoms with E-state index in [-0.39, 0.29) is 5.96 Å². The van der Waals surface area contributed by atoms with Gasteiger partial charge in [-0.2, -0.15) is 0 Å². The fraction of sp³-hybridized carbons (Fsp3) is 0. The largest absolute Gasteiger partial charge is 0.370 e. The molecule has 4 N–H and O–H groups in total. The number of benzene rings is 1. The number of rotatable bonds is 2. The highest BCUT2D eigenvalue weighted by molar-refractivity contribution is 6.04. The first-order valence-electron chi connectivity index (χ1n) is 6.32. The Labute approximate surface area is 120 Å². The Balaban J connectivity index is 2.02. The second-order valence-electron chi connectivity index (χ2n) is 4.52. The molecular formula is C15H13N5O. The molecule has 0 atom stereocenters. The molecule has 0 aliphatic rings. The highest BCUT2D eigenvalue weighted by Crippen LogP contribution is 2.20. The Morgan fingerprint density at radius 3 is 2.86 bits per heavy atom. The lowest BCUT2D eigenvalue weighted by Gasteiger charge is -2.06. The van der Waals surface area contributed by atoms with Gasteiger partial charge in [-0.05, 0) is 18.2 Å². The average molecular weight is 279 g/mol. The number of carbonyl (C=O) groups is 1. The van der Waals surface area contributed by atoms with Crippen LogP contribution in [-0.2, 0) is 0 Å². The van der Waals surface area contributed by atoms with Crippen LogP contribution in [-0.4, -0.2) is 21.4 Å². The first-order valence-corrected chi connectivity index (χ1v) is 6.32. The number of guanidine groups is 1. The average Bonchev–Trinajstić information content (AvgIpc) is 2.95. The molecule has 0 aliphatic heterocycles. The Morgan fingerprint density at radius 1 is 1.24 bits per heavy atom. The summed E-state index contributed by atoms with van der Waals surface area (Å²) in [5.74, 6) is -0.776. The van der Waals surface area contributed by atoms with Crippen molar-refractivity contribution in [1.29, 1.82) is 5.41 Å². The predicted molar refractivity (Wildman–Crippen MR) is 80.5 cm³/mol. The van der Waals surface area contributed by atoms with Gasteiger partial charge in [0.25, 0.3) is 5.91 Å². The van der Waals surface area contributed by atoms with Crippen LogP contribution in [0.25, 0.3) is 16.6 Å². The number of nitrogens with one attached hydrogen (secondary N) is 2. The van der Waals surface area contributed by atoms with Crippen molar-refractivity contribution >= 4 is 22.8 Å². The monoisotopic (exact) mass is 279 g/mol. The molecule has 1 aromatic carbocycles. The summed E-state index contributed by atoms with van der Waals surface area (Å²) in [6.45, 7) is 0. The second-order valence-corrected chi connectivity index (χ2v) is 4.52. The third-order valence-electron chi connectivity index (χ3n) is 3.11. The quantitative estimate of drug-likeness (QED) is 0.491. The van der Waals surface area contributed by atoms with Gasteiger partial charge in [0.05, 0.1) is 16.8 Å². The van der Waals surface area contributed by atoms with Crippen LogP contribution in [0.2, 0.25) is 0 Å². The molecule has 21 heavy (non-hydrogen) atoms. The molecule has 0 saturated carbocycles. The molecule has 2 heterocycles. The van der Waals surface area contributed by atoms with Gasteiger partial charge in [0.2, 0.25) is 0 Å². The fourth-order valence-corrected chi connectivity index (χ4v) is 2.18. The van der Waals surface area contributed by atoms with Gasteiger partial charge in [-0.25, -0.2) is 0 Å². The zero-order valence-electron chi connectivity index (χ0n) is 11.1. The fourth-order valence-electron chi connectivity index (χ4n) is 2.18. The van der Waals surface area contributed by atoms with E-state index in [2.05, 4.69) is 10.3 Å².